The molecular weight excluding hydrogens is 337 g/mol. The summed E-state index contributed by atoms with van der Waals surface area (Å²) in [5.74, 6) is -0.982. The van der Waals surface area contributed by atoms with Gasteiger partial charge in [0.05, 0.1) is 6.04 Å². The lowest BCUT2D eigenvalue weighted by Gasteiger charge is -2.11. The van der Waals surface area contributed by atoms with Crippen LogP contribution in [0.2, 0.25) is 0 Å². The van der Waals surface area contributed by atoms with Gasteiger partial charge in [-0.2, -0.15) is 13.2 Å². The average molecular weight is 352 g/mol. The number of H-pyrrole nitrogens is 1. The predicted octanol–water partition coefficient (Wildman–Crippen LogP) is 4.40. The zero-order chi connectivity index (χ0) is 17.2. The molecule has 1 aromatic carbocycles. The van der Waals surface area contributed by atoms with Gasteiger partial charge < -0.3 is 5.32 Å². The molecule has 24 heavy (non-hydrogen) atoms. The molecule has 0 saturated carbocycles. The van der Waals surface area contributed by atoms with Gasteiger partial charge in [0.2, 0.25) is 0 Å². The van der Waals surface area contributed by atoms with Gasteiger partial charge in [0.25, 0.3) is 5.82 Å². The molecule has 0 amide bonds. The minimum absolute atomic E-state index is 0.164. The molecule has 0 bridgehead atoms. The summed E-state index contributed by atoms with van der Waals surface area (Å²) in [6, 6.07) is 11.7. The SMILES string of the molecule is CC(NCc1ccc(-c2cccs2)cc1)c1nc(C(F)(F)F)n[nH]1. The maximum Gasteiger partial charge on any atom is 0.453 e. The first kappa shape index (κ1) is 16.7. The Morgan fingerprint density at radius 2 is 1.96 bits per heavy atom. The molecule has 0 aliphatic carbocycles. The predicted molar refractivity (Wildman–Crippen MR) is 86.4 cm³/mol. The minimum atomic E-state index is -4.54. The van der Waals surface area contributed by atoms with Crippen molar-refractivity contribution in [2.75, 3.05) is 0 Å². The molecule has 2 heterocycles. The lowest BCUT2D eigenvalue weighted by molar-refractivity contribution is -0.144. The van der Waals surface area contributed by atoms with Crippen LogP contribution >= 0.6 is 11.3 Å². The second-order valence-corrected chi connectivity index (χ2v) is 6.27. The topological polar surface area (TPSA) is 53.6 Å². The van der Waals surface area contributed by atoms with Crippen molar-refractivity contribution in [3.05, 3.63) is 59.0 Å². The summed E-state index contributed by atoms with van der Waals surface area (Å²) >= 11 is 1.67. The molecule has 0 aliphatic heterocycles. The lowest BCUT2D eigenvalue weighted by atomic mass is 10.1. The second-order valence-electron chi connectivity index (χ2n) is 5.32. The van der Waals surface area contributed by atoms with Gasteiger partial charge in [-0.15, -0.1) is 16.4 Å². The van der Waals surface area contributed by atoms with E-state index in [1.165, 1.54) is 4.88 Å². The van der Waals surface area contributed by atoms with E-state index in [0.717, 1.165) is 11.1 Å². The Kier molecular flexibility index (Phi) is 4.68. The van der Waals surface area contributed by atoms with Gasteiger partial charge >= 0.3 is 6.18 Å². The van der Waals surface area contributed by atoms with Gasteiger partial charge in [-0.1, -0.05) is 30.3 Å². The normalized spacial score (nSPS) is 13.2. The van der Waals surface area contributed by atoms with Crippen molar-refractivity contribution < 1.29 is 13.2 Å². The molecule has 0 fully saturated rings. The van der Waals surface area contributed by atoms with Crippen LogP contribution in [0.5, 0.6) is 0 Å². The van der Waals surface area contributed by atoms with E-state index in [1.54, 1.807) is 18.3 Å². The molecule has 0 spiro atoms. The fourth-order valence-electron chi connectivity index (χ4n) is 2.19. The quantitative estimate of drug-likeness (QED) is 0.715. The monoisotopic (exact) mass is 352 g/mol. The molecule has 2 aromatic heterocycles. The third-order valence-electron chi connectivity index (χ3n) is 3.54. The number of nitrogens with one attached hydrogen (secondary N) is 2. The number of hydrogen-bond donors (Lipinski definition) is 2. The Morgan fingerprint density at radius 3 is 2.54 bits per heavy atom. The Morgan fingerprint density at radius 1 is 1.21 bits per heavy atom. The molecule has 0 aliphatic rings. The number of nitrogens with zero attached hydrogens (tertiary/aromatic N) is 2. The third kappa shape index (κ3) is 3.82. The number of halogens is 3. The van der Waals surface area contributed by atoms with E-state index in [4.69, 9.17) is 0 Å². The Labute approximate surface area is 140 Å². The van der Waals surface area contributed by atoms with Crippen LogP contribution in [-0.2, 0) is 12.7 Å². The van der Waals surface area contributed by atoms with Gasteiger partial charge in [0.15, 0.2) is 0 Å². The van der Waals surface area contributed by atoms with Crippen LogP contribution in [0.25, 0.3) is 10.4 Å². The van der Waals surface area contributed by atoms with E-state index >= 15 is 0 Å². The standard InChI is InChI=1S/C16H15F3N4S/c1-10(14-21-15(23-22-14)16(17,18)19)20-9-11-4-6-12(7-5-11)13-3-2-8-24-13/h2-8,10,20H,9H2,1H3,(H,21,22,23). The van der Waals surface area contributed by atoms with Gasteiger partial charge in [-0.05, 0) is 29.5 Å². The Bertz CT molecular complexity index is 779. The number of thiophene rings is 1. The van der Waals surface area contributed by atoms with Crippen molar-refractivity contribution in [2.24, 2.45) is 0 Å². The second kappa shape index (κ2) is 6.74. The zero-order valence-electron chi connectivity index (χ0n) is 12.8. The molecule has 2 N–H and O–H groups in total. The first-order valence-electron chi connectivity index (χ1n) is 7.29. The number of alkyl halides is 3. The van der Waals surface area contributed by atoms with Gasteiger partial charge in [-0.25, -0.2) is 4.98 Å². The maximum absolute atomic E-state index is 12.5. The minimum Gasteiger partial charge on any atom is -0.303 e. The molecule has 4 nitrogen and oxygen atoms in total. The smallest absolute Gasteiger partial charge is 0.303 e. The summed E-state index contributed by atoms with van der Waals surface area (Å²) in [6.45, 7) is 2.26. The first-order chi connectivity index (χ1) is 11.4. The summed E-state index contributed by atoms with van der Waals surface area (Å²) < 4.78 is 37.5. The van der Waals surface area contributed by atoms with Crippen molar-refractivity contribution in [1.82, 2.24) is 20.5 Å². The van der Waals surface area contributed by atoms with Crippen LogP contribution in [-0.4, -0.2) is 15.2 Å². The van der Waals surface area contributed by atoms with E-state index in [0.29, 0.717) is 6.54 Å². The molecule has 126 valence electrons. The van der Waals surface area contributed by atoms with Crippen LogP contribution in [0.15, 0.2) is 41.8 Å². The molecular formula is C16H15F3N4S. The number of rotatable bonds is 5. The van der Waals surface area contributed by atoms with Crippen molar-refractivity contribution >= 4 is 11.3 Å². The van der Waals surface area contributed by atoms with Crippen LogP contribution in [0.1, 0.15) is 30.2 Å². The number of aromatic amines is 1. The number of aromatic nitrogens is 3. The van der Waals surface area contributed by atoms with Gasteiger partial charge in [0, 0.05) is 11.4 Å². The zero-order valence-corrected chi connectivity index (χ0v) is 13.6. The van der Waals surface area contributed by atoms with Crippen molar-refractivity contribution in [3.8, 4) is 10.4 Å². The summed E-state index contributed by atoms with van der Waals surface area (Å²) in [5.41, 5.74) is 2.18. The summed E-state index contributed by atoms with van der Waals surface area (Å²) in [5, 5.41) is 10.7. The summed E-state index contributed by atoms with van der Waals surface area (Å²) in [6.07, 6.45) is -4.54. The molecule has 0 radical (unpaired) electrons. The van der Waals surface area contributed by atoms with Gasteiger partial charge in [0.1, 0.15) is 5.82 Å². The van der Waals surface area contributed by atoms with Gasteiger partial charge in [-0.3, -0.25) is 5.10 Å². The van der Waals surface area contributed by atoms with Crippen molar-refractivity contribution in [2.45, 2.75) is 25.7 Å². The highest BCUT2D eigenvalue weighted by Crippen LogP contribution is 2.27. The first-order valence-corrected chi connectivity index (χ1v) is 8.17. The van der Waals surface area contributed by atoms with E-state index in [1.807, 2.05) is 35.7 Å². The Balaban J connectivity index is 1.60. The highest BCUT2D eigenvalue weighted by atomic mass is 32.1. The molecule has 8 heteroatoms. The highest BCUT2D eigenvalue weighted by molar-refractivity contribution is 7.13. The average Bonchev–Trinajstić information content (AvgIpc) is 3.23. The maximum atomic E-state index is 12.5. The molecule has 1 unspecified atom stereocenters. The van der Waals surface area contributed by atoms with Crippen molar-refractivity contribution in [3.63, 3.8) is 0 Å². The fourth-order valence-corrected chi connectivity index (χ4v) is 2.93. The number of benzene rings is 1. The van der Waals surface area contributed by atoms with E-state index in [2.05, 4.69) is 26.6 Å². The molecule has 1 atom stereocenters. The molecule has 3 rings (SSSR count). The fraction of sp³-hybridized carbons (Fsp3) is 0.250. The lowest BCUT2D eigenvalue weighted by Crippen LogP contribution is -2.19. The third-order valence-corrected chi connectivity index (χ3v) is 4.46. The summed E-state index contributed by atoms with van der Waals surface area (Å²) in [7, 11) is 0. The largest absolute Gasteiger partial charge is 0.453 e. The van der Waals surface area contributed by atoms with Crippen LogP contribution < -0.4 is 5.32 Å². The van der Waals surface area contributed by atoms with Crippen molar-refractivity contribution in [1.29, 1.82) is 0 Å². The van der Waals surface area contributed by atoms with Crippen LogP contribution in [0.4, 0.5) is 13.2 Å². The van der Waals surface area contributed by atoms with E-state index < -0.39 is 12.0 Å². The van der Waals surface area contributed by atoms with Crippen LogP contribution in [0, 0.1) is 0 Å². The Hall–Kier alpha value is -2.19. The highest BCUT2D eigenvalue weighted by Gasteiger charge is 2.36. The molecule has 3 aromatic rings. The number of hydrogen-bond acceptors (Lipinski definition) is 4. The molecule has 0 saturated heterocycles. The van der Waals surface area contributed by atoms with E-state index in [9.17, 15) is 13.2 Å². The van der Waals surface area contributed by atoms with E-state index in [-0.39, 0.29) is 11.9 Å². The van der Waals surface area contributed by atoms with Crippen LogP contribution in [0.3, 0.4) is 0 Å². The summed E-state index contributed by atoms with van der Waals surface area (Å²) in [4.78, 5) is 4.69.